The molecule has 0 aliphatic rings. The summed E-state index contributed by atoms with van der Waals surface area (Å²) in [5, 5.41) is 0. The Morgan fingerprint density at radius 3 is 2.47 bits per heavy atom. The number of hydrogen-bond acceptors (Lipinski definition) is 3. The highest BCUT2D eigenvalue weighted by molar-refractivity contribution is 5.59. The van der Waals surface area contributed by atoms with Crippen molar-refractivity contribution >= 4 is 11.4 Å². The molecule has 1 rings (SSSR count). The van der Waals surface area contributed by atoms with Crippen LogP contribution >= 0.6 is 0 Å². The molecule has 7 N–H and O–H groups in total. The normalized spacial score (nSPS) is 11.5. The molecule has 0 heterocycles. The molecule has 0 amide bonds. The molecular formula is C13H24N3O+. The summed E-state index contributed by atoms with van der Waals surface area (Å²) in [5.41, 5.74) is 17.1. The predicted molar refractivity (Wildman–Crippen MR) is 71.6 cm³/mol. The van der Waals surface area contributed by atoms with E-state index in [9.17, 15) is 0 Å². The summed E-state index contributed by atoms with van der Waals surface area (Å²) < 4.78 is 5.67. The summed E-state index contributed by atoms with van der Waals surface area (Å²) in [5.74, 6) is 0.666. The molecule has 0 aliphatic carbocycles. The Morgan fingerprint density at radius 2 is 1.88 bits per heavy atom. The van der Waals surface area contributed by atoms with E-state index in [0.29, 0.717) is 23.7 Å². The Kier molecular flexibility index (Phi) is 4.63. The van der Waals surface area contributed by atoms with E-state index < -0.39 is 0 Å². The van der Waals surface area contributed by atoms with E-state index in [2.05, 4.69) is 19.6 Å². The summed E-state index contributed by atoms with van der Waals surface area (Å²) in [7, 11) is 0. The third-order valence-corrected chi connectivity index (χ3v) is 3.43. The van der Waals surface area contributed by atoms with Crippen LogP contribution in [-0.4, -0.2) is 12.1 Å². The van der Waals surface area contributed by atoms with Gasteiger partial charge in [-0.3, -0.25) is 0 Å². The van der Waals surface area contributed by atoms with Gasteiger partial charge < -0.3 is 21.9 Å². The lowest BCUT2D eigenvalue weighted by Crippen LogP contribution is -2.72. The fourth-order valence-corrected chi connectivity index (χ4v) is 1.66. The third kappa shape index (κ3) is 3.82. The van der Waals surface area contributed by atoms with Crippen LogP contribution in [0.4, 0.5) is 11.4 Å². The van der Waals surface area contributed by atoms with Crippen molar-refractivity contribution in [1.82, 2.24) is 0 Å². The standard InChI is InChI=1S/C13H23N3O/c1-3-13(16,4-2)7-8-17-12-9-10(14)5-6-11(12)15/h5-6,9H,3-4,7-8,14-16H2,1-2H3/p+1. The molecule has 1 aromatic rings. The summed E-state index contributed by atoms with van der Waals surface area (Å²) in [6.07, 6.45) is 3.03. The second-order valence-corrected chi connectivity index (χ2v) is 4.60. The van der Waals surface area contributed by atoms with Gasteiger partial charge in [0.05, 0.1) is 17.8 Å². The molecule has 4 nitrogen and oxygen atoms in total. The first-order valence-electron chi connectivity index (χ1n) is 6.14. The van der Waals surface area contributed by atoms with E-state index >= 15 is 0 Å². The van der Waals surface area contributed by atoms with Crippen LogP contribution in [0.3, 0.4) is 0 Å². The quantitative estimate of drug-likeness (QED) is 0.655. The molecule has 0 saturated carbocycles. The molecule has 0 aromatic heterocycles. The van der Waals surface area contributed by atoms with Crippen LogP contribution in [0.2, 0.25) is 0 Å². The zero-order chi connectivity index (χ0) is 12.9. The molecule has 0 bridgehead atoms. The largest absolute Gasteiger partial charge is 0.491 e. The van der Waals surface area contributed by atoms with E-state index in [0.717, 1.165) is 19.3 Å². The van der Waals surface area contributed by atoms with Crippen molar-refractivity contribution in [2.45, 2.75) is 38.6 Å². The monoisotopic (exact) mass is 238 g/mol. The van der Waals surface area contributed by atoms with Crippen molar-refractivity contribution in [3.63, 3.8) is 0 Å². The van der Waals surface area contributed by atoms with Crippen LogP contribution in [0.15, 0.2) is 18.2 Å². The summed E-state index contributed by atoms with van der Waals surface area (Å²) in [6, 6.07) is 5.30. The van der Waals surface area contributed by atoms with Crippen molar-refractivity contribution in [3.05, 3.63) is 18.2 Å². The Balaban J connectivity index is 2.53. The topological polar surface area (TPSA) is 88.9 Å². The minimum Gasteiger partial charge on any atom is -0.491 e. The van der Waals surface area contributed by atoms with Crippen LogP contribution in [0, 0.1) is 0 Å². The fraction of sp³-hybridized carbons (Fsp3) is 0.538. The van der Waals surface area contributed by atoms with E-state index in [1.165, 1.54) is 0 Å². The number of nitrogens with two attached hydrogens (primary N) is 2. The molecule has 4 heteroatoms. The minimum atomic E-state index is 0.106. The van der Waals surface area contributed by atoms with Gasteiger partial charge in [0.15, 0.2) is 0 Å². The van der Waals surface area contributed by atoms with Crippen molar-refractivity contribution in [2.75, 3.05) is 18.1 Å². The highest BCUT2D eigenvalue weighted by Crippen LogP contribution is 2.24. The predicted octanol–water partition coefficient (Wildman–Crippen LogP) is 1.42. The minimum absolute atomic E-state index is 0.106. The van der Waals surface area contributed by atoms with Crippen LogP contribution < -0.4 is 21.9 Å². The molecule has 0 atom stereocenters. The average molecular weight is 238 g/mol. The van der Waals surface area contributed by atoms with E-state index in [4.69, 9.17) is 16.2 Å². The Hall–Kier alpha value is -1.42. The van der Waals surface area contributed by atoms with Gasteiger partial charge in [0.2, 0.25) is 0 Å². The molecule has 0 aliphatic heterocycles. The van der Waals surface area contributed by atoms with Gasteiger partial charge in [-0.2, -0.15) is 0 Å². The van der Waals surface area contributed by atoms with E-state index in [1.807, 2.05) is 0 Å². The lowest BCUT2D eigenvalue weighted by molar-refractivity contribution is -0.482. The van der Waals surface area contributed by atoms with Crippen molar-refractivity contribution in [3.8, 4) is 5.75 Å². The number of benzene rings is 1. The van der Waals surface area contributed by atoms with E-state index in [-0.39, 0.29) is 5.54 Å². The Morgan fingerprint density at radius 1 is 1.24 bits per heavy atom. The molecule has 1 aromatic carbocycles. The van der Waals surface area contributed by atoms with Gasteiger partial charge in [0.1, 0.15) is 5.75 Å². The maximum absolute atomic E-state index is 5.81. The van der Waals surface area contributed by atoms with Crippen LogP contribution in [0.1, 0.15) is 33.1 Å². The molecule has 0 spiro atoms. The first kappa shape index (κ1) is 13.6. The number of anilines is 2. The second kappa shape index (κ2) is 5.77. The van der Waals surface area contributed by atoms with Crippen LogP contribution in [-0.2, 0) is 0 Å². The summed E-state index contributed by atoms with van der Waals surface area (Å²) in [6.45, 7) is 4.94. The number of rotatable bonds is 6. The van der Waals surface area contributed by atoms with Crippen molar-refractivity contribution in [1.29, 1.82) is 0 Å². The first-order valence-corrected chi connectivity index (χ1v) is 6.14. The Labute approximate surface area is 103 Å². The molecule has 0 saturated heterocycles. The van der Waals surface area contributed by atoms with Crippen molar-refractivity contribution in [2.24, 2.45) is 0 Å². The smallest absolute Gasteiger partial charge is 0.144 e. The molecule has 0 fully saturated rings. The van der Waals surface area contributed by atoms with Crippen molar-refractivity contribution < 1.29 is 10.5 Å². The van der Waals surface area contributed by atoms with Gasteiger partial charge >= 0.3 is 0 Å². The maximum Gasteiger partial charge on any atom is 0.144 e. The number of nitrogen functional groups attached to an aromatic ring is 2. The number of hydrogen-bond donors (Lipinski definition) is 3. The molecule has 17 heavy (non-hydrogen) atoms. The lowest BCUT2D eigenvalue weighted by atomic mass is 9.91. The summed E-state index contributed by atoms with van der Waals surface area (Å²) >= 11 is 0. The number of quaternary nitrogens is 1. The highest BCUT2D eigenvalue weighted by Gasteiger charge is 2.24. The molecule has 0 unspecified atom stereocenters. The SMILES string of the molecule is CCC([NH3+])(CC)CCOc1cc(N)ccc1N. The van der Waals surface area contributed by atoms with E-state index in [1.54, 1.807) is 18.2 Å². The van der Waals surface area contributed by atoms with Gasteiger partial charge in [-0.25, -0.2) is 0 Å². The average Bonchev–Trinajstić information content (AvgIpc) is 2.33. The molecule has 0 radical (unpaired) electrons. The second-order valence-electron chi connectivity index (χ2n) is 4.60. The Bertz CT molecular complexity index is 362. The molecule has 96 valence electrons. The molecular weight excluding hydrogens is 214 g/mol. The van der Waals surface area contributed by atoms with Gasteiger partial charge in [-0.05, 0) is 25.0 Å². The fourth-order valence-electron chi connectivity index (χ4n) is 1.66. The first-order chi connectivity index (χ1) is 8.00. The van der Waals surface area contributed by atoms with Gasteiger partial charge in [0, 0.05) is 18.2 Å². The number of ether oxygens (including phenoxy) is 1. The van der Waals surface area contributed by atoms with Gasteiger partial charge in [-0.15, -0.1) is 0 Å². The van der Waals surface area contributed by atoms with Crippen LogP contribution in [0.25, 0.3) is 0 Å². The van der Waals surface area contributed by atoms with Gasteiger partial charge in [0.25, 0.3) is 0 Å². The zero-order valence-electron chi connectivity index (χ0n) is 10.8. The summed E-state index contributed by atoms with van der Waals surface area (Å²) in [4.78, 5) is 0. The maximum atomic E-state index is 5.81. The third-order valence-electron chi connectivity index (χ3n) is 3.43. The zero-order valence-corrected chi connectivity index (χ0v) is 10.8. The highest BCUT2D eigenvalue weighted by atomic mass is 16.5. The van der Waals surface area contributed by atoms with Gasteiger partial charge in [-0.1, -0.05) is 13.8 Å². The van der Waals surface area contributed by atoms with Crippen LogP contribution in [0.5, 0.6) is 5.75 Å². The lowest BCUT2D eigenvalue weighted by Gasteiger charge is -2.22.